The first-order valence-corrected chi connectivity index (χ1v) is 13.4. The van der Waals surface area contributed by atoms with Crippen LogP contribution in [0.1, 0.15) is 31.7 Å². The quantitative estimate of drug-likeness (QED) is 0.274. The zero-order valence-electron chi connectivity index (χ0n) is 22.3. The molecule has 10 nitrogen and oxygen atoms in total. The lowest BCUT2D eigenvalue weighted by Crippen LogP contribution is -2.50. The maximum Gasteiger partial charge on any atom is 0.211 e. The molecule has 1 atom stereocenters. The van der Waals surface area contributed by atoms with Gasteiger partial charge in [-0.2, -0.15) is 5.10 Å². The van der Waals surface area contributed by atoms with E-state index in [1.165, 1.54) is 12.8 Å². The molecule has 5 rings (SSSR count). The Kier molecular flexibility index (Phi) is 7.82. The van der Waals surface area contributed by atoms with Crippen molar-refractivity contribution in [2.75, 3.05) is 56.6 Å². The largest absolute Gasteiger partial charge is 0.495 e. The van der Waals surface area contributed by atoms with Crippen molar-refractivity contribution >= 4 is 28.1 Å². The Labute approximate surface area is 224 Å². The molecule has 0 amide bonds. The molecule has 0 aliphatic carbocycles. The summed E-state index contributed by atoms with van der Waals surface area (Å²) < 4.78 is 5.83. The summed E-state index contributed by atoms with van der Waals surface area (Å²) in [6.07, 6.45) is 7.23. The SMILES string of the molecule is COc1cc(C2(N)N=C(Nc3ccc4cn[nH]c4c3)C(C)=CN2)ccc1N1CCN(CCCCCN)CC1. The highest BCUT2D eigenvalue weighted by atomic mass is 16.5. The fourth-order valence-corrected chi connectivity index (χ4v) is 5.05. The molecule has 0 saturated carbocycles. The second-order valence-electron chi connectivity index (χ2n) is 10.1. The van der Waals surface area contributed by atoms with Crippen molar-refractivity contribution in [2.45, 2.75) is 32.0 Å². The minimum absolute atomic E-state index is 0.704. The summed E-state index contributed by atoms with van der Waals surface area (Å²) in [6.45, 7) is 7.94. The maximum absolute atomic E-state index is 6.82. The number of benzene rings is 2. The zero-order chi connectivity index (χ0) is 26.5. The number of ether oxygens (including phenoxy) is 1. The molecular weight excluding hydrogens is 478 g/mol. The predicted octanol–water partition coefficient (Wildman–Crippen LogP) is 2.91. The Morgan fingerprint density at radius 1 is 1.08 bits per heavy atom. The summed E-state index contributed by atoms with van der Waals surface area (Å²) in [7, 11) is 1.71. The normalized spacial score (nSPS) is 20.2. The number of aliphatic imine (C=N–C) groups is 1. The van der Waals surface area contributed by atoms with Crippen LogP contribution in [0.5, 0.6) is 5.75 Å². The number of methoxy groups -OCH3 is 1. The van der Waals surface area contributed by atoms with E-state index in [1.54, 1.807) is 13.3 Å². The lowest BCUT2D eigenvalue weighted by atomic mass is 10.0. The first-order valence-electron chi connectivity index (χ1n) is 13.4. The summed E-state index contributed by atoms with van der Waals surface area (Å²) in [5.74, 6) is 0.371. The highest BCUT2D eigenvalue weighted by molar-refractivity contribution is 6.08. The number of nitrogens with one attached hydrogen (secondary N) is 3. The van der Waals surface area contributed by atoms with E-state index in [1.807, 2.05) is 43.5 Å². The number of H-pyrrole nitrogens is 1. The maximum atomic E-state index is 6.82. The fraction of sp³-hybridized carbons (Fsp3) is 0.429. The molecule has 3 heterocycles. The number of piperazine rings is 1. The van der Waals surface area contributed by atoms with E-state index in [2.05, 4.69) is 36.7 Å². The first kappa shape index (κ1) is 26.0. The third-order valence-electron chi connectivity index (χ3n) is 7.39. The highest BCUT2D eigenvalue weighted by Crippen LogP contribution is 2.34. The molecule has 1 aromatic heterocycles. The summed E-state index contributed by atoms with van der Waals surface area (Å²) in [5.41, 5.74) is 17.2. The Hall–Kier alpha value is -3.60. The van der Waals surface area contributed by atoms with Crippen molar-refractivity contribution in [3.05, 3.63) is 59.9 Å². The molecule has 1 unspecified atom stereocenters. The van der Waals surface area contributed by atoms with E-state index in [-0.39, 0.29) is 0 Å². The second-order valence-corrected chi connectivity index (χ2v) is 10.1. The average molecular weight is 518 g/mol. The standard InChI is InChI=1S/C28H39N9O/c1-20-18-31-28(30,34-27(20)33-23-8-6-21-19-32-35-24(21)17-23)22-7-9-25(26(16-22)38-2)37-14-12-36(13-15-37)11-5-3-4-10-29/h6-9,16-19,31H,3-5,10-15,29-30H2,1-2H3,(H,32,35)(H,33,34). The van der Waals surface area contributed by atoms with E-state index in [4.69, 9.17) is 21.2 Å². The number of aromatic nitrogens is 2. The molecule has 0 spiro atoms. The number of anilines is 2. The molecular formula is C28H39N9O. The molecule has 0 radical (unpaired) electrons. The lowest BCUT2D eigenvalue weighted by Gasteiger charge is -2.37. The lowest BCUT2D eigenvalue weighted by molar-refractivity contribution is 0.251. The number of hydrogen-bond acceptors (Lipinski definition) is 9. The van der Waals surface area contributed by atoms with Crippen LogP contribution in [0.4, 0.5) is 11.4 Å². The van der Waals surface area contributed by atoms with Gasteiger partial charge in [0, 0.05) is 54.6 Å². The molecule has 2 aliphatic rings. The van der Waals surface area contributed by atoms with Crippen molar-refractivity contribution in [1.29, 1.82) is 0 Å². The van der Waals surface area contributed by atoms with Crippen LogP contribution in [0.2, 0.25) is 0 Å². The fourth-order valence-electron chi connectivity index (χ4n) is 5.05. The molecule has 3 aromatic rings. The van der Waals surface area contributed by atoms with Gasteiger partial charge in [0.15, 0.2) is 0 Å². The van der Waals surface area contributed by atoms with Crippen molar-refractivity contribution in [3.8, 4) is 5.75 Å². The molecule has 38 heavy (non-hydrogen) atoms. The number of unbranched alkanes of at least 4 members (excludes halogenated alkanes) is 2. The average Bonchev–Trinajstić information content (AvgIpc) is 3.41. The van der Waals surface area contributed by atoms with Gasteiger partial charge in [-0.05, 0) is 63.2 Å². The number of aromatic amines is 1. The molecule has 7 N–H and O–H groups in total. The van der Waals surface area contributed by atoms with Gasteiger partial charge in [-0.3, -0.25) is 15.7 Å². The van der Waals surface area contributed by atoms with E-state index in [9.17, 15) is 0 Å². The number of hydrogen-bond donors (Lipinski definition) is 5. The van der Waals surface area contributed by atoms with Gasteiger partial charge in [0.25, 0.3) is 0 Å². The zero-order valence-corrected chi connectivity index (χ0v) is 22.3. The van der Waals surface area contributed by atoms with Crippen molar-refractivity contribution < 1.29 is 4.74 Å². The number of nitrogens with zero attached hydrogens (tertiary/aromatic N) is 4. The minimum atomic E-state index is -1.13. The highest BCUT2D eigenvalue weighted by Gasteiger charge is 2.31. The Bertz CT molecular complexity index is 1310. The molecule has 202 valence electrons. The Morgan fingerprint density at radius 3 is 2.71 bits per heavy atom. The van der Waals surface area contributed by atoms with Crippen LogP contribution in [0.25, 0.3) is 10.9 Å². The third kappa shape index (κ3) is 5.62. The molecule has 1 fully saturated rings. The predicted molar refractivity (Wildman–Crippen MR) is 154 cm³/mol. The number of fused-ring (bicyclic) bond motifs is 1. The van der Waals surface area contributed by atoms with Gasteiger partial charge in [-0.1, -0.05) is 12.5 Å². The first-order chi connectivity index (χ1) is 18.5. The number of amidine groups is 1. The van der Waals surface area contributed by atoms with Crippen LogP contribution in [0.15, 0.2) is 59.4 Å². The van der Waals surface area contributed by atoms with Crippen LogP contribution >= 0.6 is 0 Å². The summed E-state index contributed by atoms with van der Waals surface area (Å²) >= 11 is 0. The van der Waals surface area contributed by atoms with Gasteiger partial charge < -0.3 is 26.0 Å². The van der Waals surface area contributed by atoms with E-state index in [0.29, 0.717) is 5.84 Å². The van der Waals surface area contributed by atoms with Gasteiger partial charge >= 0.3 is 0 Å². The molecule has 2 aromatic carbocycles. The van der Waals surface area contributed by atoms with Crippen LogP contribution in [-0.4, -0.2) is 67.3 Å². The van der Waals surface area contributed by atoms with Gasteiger partial charge in [0.2, 0.25) is 5.79 Å². The van der Waals surface area contributed by atoms with Gasteiger partial charge in [0.05, 0.1) is 24.5 Å². The summed E-state index contributed by atoms with van der Waals surface area (Å²) in [6, 6.07) is 12.2. The van der Waals surface area contributed by atoms with Crippen LogP contribution in [-0.2, 0) is 5.79 Å². The molecule has 10 heteroatoms. The second kappa shape index (κ2) is 11.4. The van der Waals surface area contributed by atoms with E-state index >= 15 is 0 Å². The Morgan fingerprint density at radius 2 is 1.92 bits per heavy atom. The number of rotatable bonds is 9. The van der Waals surface area contributed by atoms with E-state index < -0.39 is 5.79 Å². The van der Waals surface area contributed by atoms with Gasteiger partial charge in [-0.15, -0.1) is 0 Å². The summed E-state index contributed by atoms with van der Waals surface area (Å²) in [5, 5.41) is 14.9. The Balaban J connectivity index is 1.30. The van der Waals surface area contributed by atoms with E-state index in [0.717, 1.165) is 84.9 Å². The molecule has 0 bridgehead atoms. The van der Waals surface area contributed by atoms with Gasteiger partial charge in [-0.25, -0.2) is 4.99 Å². The van der Waals surface area contributed by atoms with Gasteiger partial charge in [0.1, 0.15) is 11.6 Å². The summed E-state index contributed by atoms with van der Waals surface area (Å²) in [4.78, 5) is 9.82. The van der Waals surface area contributed by atoms with Crippen LogP contribution in [0.3, 0.4) is 0 Å². The van der Waals surface area contributed by atoms with Crippen LogP contribution < -0.4 is 31.7 Å². The molecule has 1 saturated heterocycles. The molecule has 2 aliphatic heterocycles. The number of nitrogens with two attached hydrogens (primary N) is 2. The minimum Gasteiger partial charge on any atom is -0.495 e. The van der Waals surface area contributed by atoms with Crippen molar-refractivity contribution in [2.24, 2.45) is 16.5 Å². The smallest absolute Gasteiger partial charge is 0.211 e. The topological polar surface area (TPSA) is 133 Å². The van der Waals surface area contributed by atoms with Crippen molar-refractivity contribution in [1.82, 2.24) is 20.4 Å². The van der Waals surface area contributed by atoms with Crippen molar-refractivity contribution in [3.63, 3.8) is 0 Å². The van der Waals surface area contributed by atoms with Crippen LogP contribution in [0, 0.1) is 0 Å². The third-order valence-corrected chi connectivity index (χ3v) is 7.39. The monoisotopic (exact) mass is 517 g/mol.